The van der Waals surface area contributed by atoms with Gasteiger partial charge in [0.05, 0.1) is 0 Å². The highest BCUT2D eigenvalue weighted by Crippen LogP contribution is 2.24. The van der Waals surface area contributed by atoms with E-state index in [1.165, 1.54) is 32.2 Å². The van der Waals surface area contributed by atoms with Gasteiger partial charge in [0, 0.05) is 6.04 Å². The normalized spacial score (nSPS) is 16.1. The Kier molecular flexibility index (Phi) is 6.63. The van der Waals surface area contributed by atoms with Crippen LogP contribution in [0.5, 0.6) is 0 Å². The molecule has 11 heavy (non-hydrogen) atoms. The summed E-state index contributed by atoms with van der Waals surface area (Å²) in [5.74, 6) is 0. The van der Waals surface area contributed by atoms with Gasteiger partial charge in [0.15, 0.2) is 0 Å². The van der Waals surface area contributed by atoms with Crippen molar-refractivity contribution in [3.8, 4) is 0 Å². The molecule has 0 aromatic rings. The number of rotatable bonds is 3. The summed E-state index contributed by atoms with van der Waals surface area (Å²) in [6, 6.07) is 0.949. The quantitative estimate of drug-likeness (QED) is 0.609. The maximum Gasteiger partial charge on any atom is 0.00932 e. The third-order valence-corrected chi connectivity index (χ3v) is 2.17. The number of hydrogen-bond donors (Lipinski definition) is 0. The zero-order valence-corrected chi connectivity index (χ0v) is 8.56. The molecule has 1 aliphatic rings. The summed E-state index contributed by atoms with van der Waals surface area (Å²) in [4.78, 5) is 2.40. The Morgan fingerprint density at radius 3 is 1.64 bits per heavy atom. The molecule has 68 valence electrons. The number of hydrogen-bond acceptors (Lipinski definition) is 1. The van der Waals surface area contributed by atoms with Crippen LogP contribution in [0, 0.1) is 0 Å². The first-order valence-corrected chi connectivity index (χ1v) is 4.96. The van der Waals surface area contributed by atoms with Crippen molar-refractivity contribution in [2.75, 3.05) is 13.6 Å². The molecule has 0 heterocycles. The van der Waals surface area contributed by atoms with Gasteiger partial charge in [0.25, 0.3) is 0 Å². The highest BCUT2D eigenvalue weighted by Gasteiger charge is 2.24. The molecule has 1 rings (SSSR count). The van der Waals surface area contributed by atoms with Crippen molar-refractivity contribution in [3.63, 3.8) is 0 Å². The number of nitrogens with zero attached hydrogens (tertiary/aromatic N) is 1. The summed E-state index contributed by atoms with van der Waals surface area (Å²) < 4.78 is 0. The molecule has 0 aliphatic heterocycles. The van der Waals surface area contributed by atoms with Gasteiger partial charge >= 0.3 is 0 Å². The van der Waals surface area contributed by atoms with Gasteiger partial charge in [0.1, 0.15) is 0 Å². The second-order valence-corrected chi connectivity index (χ2v) is 3.30. The van der Waals surface area contributed by atoms with Gasteiger partial charge in [-0.05, 0) is 26.4 Å². The lowest BCUT2D eigenvalue weighted by Crippen LogP contribution is -2.19. The molecule has 1 saturated carbocycles. The van der Waals surface area contributed by atoms with Gasteiger partial charge in [0.2, 0.25) is 0 Å². The van der Waals surface area contributed by atoms with Crippen molar-refractivity contribution in [1.29, 1.82) is 0 Å². The fourth-order valence-electron chi connectivity index (χ4n) is 0.774. The van der Waals surface area contributed by atoms with Crippen LogP contribution >= 0.6 is 0 Å². The highest BCUT2D eigenvalue weighted by atomic mass is 15.1. The van der Waals surface area contributed by atoms with Gasteiger partial charge in [-0.2, -0.15) is 0 Å². The molecule has 0 N–H and O–H groups in total. The molecule has 0 atom stereocenters. The zero-order chi connectivity index (χ0) is 8.69. The summed E-state index contributed by atoms with van der Waals surface area (Å²) in [6.07, 6.45) is 5.51. The molecule has 0 unspecified atom stereocenters. The van der Waals surface area contributed by atoms with Crippen LogP contribution in [-0.2, 0) is 0 Å². The molecule has 0 bridgehead atoms. The SMILES string of the molecule is CCCC.CCN(C)C1CC1. The third kappa shape index (κ3) is 6.36. The zero-order valence-electron chi connectivity index (χ0n) is 8.56. The van der Waals surface area contributed by atoms with E-state index in [2.05, 4.69) is 32.7 Å². The van der Waals surface area contributed by atoms with E-state index >= 15 is 0 Å². The predicted octanol–water partition coefficient (Wildman–Crippen LogP) is 2.91. The van der Waals surface area contributed by atoms with Crippen LogP contribution in [-0.4, -0.2) is 24.5 Å². The van der Waals surface area contributed by atoms with Gasteiger partial charge < -0.3 is 4.90 Å². The van der Waals surface area contributed by atoms with E-state index in [4.69, 9.17) is 0 Å². The molecule has 0 radical (unpaired) electrons. The Hall–Kier alpha value is -0.0400. The fraction of sp³-hybridized carbons (Fsp3) is 1.00. The molecule has 0 amide bonds. The van der Waals surface area contributed by atoms with Crippen LogP contribution in [0.1, 0.15) is 46.5 Å². The molecule has 1 heteroatoms. The average Bonchev–Trinajstić information content (AvgIpc) is 2.86. The second-order valence-electron chi connectivity index (χ2n) is 3.30. The van der Waals surface area contributed by atoms with Crippen LogP contribution in [0.15, 0.2) is 0 Å². The second kappa shape index (κ2) is 6.66. The predicted molar refractivity (Wildman–Crippen MR) is 51.9 cm³/mol. The van der Waals surface area contributed by atoms with E-state index in [1.807, 2.05) is 0 Å². The summed E-state index contributed by atoms with van der Waals surface area (Å²) in [6.45, 7) is 7.78. The topological polar surface area (TPSA) is 3.24 Å². The van der Waals surface area contributed by atoms with Gasteiger partial charge in [-0.15, -0.1) is 0 Å². The maximum absolute atomic E-state index is 2.40. The molecule has 0 aromatic heterocycles. The first-order valence-electron chi connectivity index (χ1n) is 4.96. The molecule has 0 saturated heterocycles. The molecule has 0 aromatic carbocycles. The van der Waals surface area contributed by atoms with Gasteiger partial charge in [-0.3, -0.25) is 0 Å². The monoisotopic (exact) mass is 157 g/mol. The van der Waals surface area contributed by atoms with Crippen molar-refractivity contribution >= 4 is 0 Å². The lowest BCUT2D eigenvalue weighted by molar-refractivity contribution is 0.343. The molecule has 1 nitrogen and oxygen atoms in total. The van der Waals surface area contributed by atoms with Crippen LogP contribution < -0.4 is 0 Å². The highest BCUT2D eigenvalue weighted by molar-refractivity contribution is 4.81. The lowest BCUT2D eigenvalue weighted by atomic mass is 10.4. The first-order chi connectivity index (χ1) is 5.26. The van der Waals surface area contributed by atoms with E-state index in [0.717, 1.165) is 6.04 Å². The minimum atomic E-state index is 0.949. The van der Waals surface area contributed by atoms with Crippen LogP contribution in [0.25, 0.3) is 0 Å². The smallest absolute Gasteiger partial charge is 0.00932 e. The molecule has 0 spiro atoms. The summed E-state index contributed by atoms with van der Waals surface area (Å²) in [5.41, 5.74) is 0. The van der Waals surface area contributed by atoms with Crippen LogP contribution in [0.3, 0.4) is 0 Å². The Labute approximate surface area is 71.8 Å². The fourth-order valence-corrected chi connectivity index (χ4v) is 0.774. The van der Waals surface area contributed by atoms with Crippen molar-refractivity contribution in [3.05, 3.63) is 0 Å². The lowest BCUT2D eigenvalue weighted by Gasteiger charge is -2.10. The molecular formula is C10H23N. The molecule has 1 aliphatic carbocycles. The van der Waals surface area contributed by atoms with E-state index in [0.29, 0.717) is 0 Å². The van der Waals surface area contributed by atoms with E-state index in [9.17, 15) is 0 Å². The Balaban J connectivity index is 0.000000218. The van der Waals surface area contributed by atoms with Gasteiger partial charge in [-0.1, -0.05) is 33.6 Å². The van der Waals surface area contributed by atoms with E-state index < -0.39 is 0 Å². The maximum atomic E-state index is 2.40. The third-order valence-electron chi connectivity index (χ3n) is 2.17. The summed E-state index contributed by atoms with van der Waals surface area (Å²) >= 11 is 0. The Bertz CT molecular complexity index is 74.9. The number of unbranched alkanes of at least 4 members (excludes halogenated alkanes) is 1. The minimum Gasteiger partial charge on any atom is -0.304 e. The Morgan fingerprint density at radius 1 is 1.09 bits per heavy atom. The van der Waals surface area contributed by atoms with Crippen LogP contribution in [0.2, 0.25) is 0 Å². The van der Waals surface area contributed by atoms with Crippen molar-refractivity contribution in [2.45, 2.75) is 52.5 Å². The minimum absolute atomic E-state index is 0.949. The van der Waals surface area contributed by atoms with Crippen LogP contribution in [0.4, 0.5) is 0 Å². The summed E-state index contributed by atoms with van der Waals surface area (Å²) in [5, 5.41) is 0. The van der Waals surface area contributed by atoms with Crippen molar-refractivity contribution in [1.82, 2.24) is 4.90 Å². The average molecular weight is 157 g/mol. The van der Waals surface area contributed by atoms with E-state index in [-0.39, 0.29) is 0 Å². The van der Waals surface area contributed by atoms with Gasteiger partial charge in [-0.25, -0.2) is 0 Å². The molecular weight excluding hydrogens is 134 g/mol. The van der Waals surface area contributed by atoms with Crippen molar-refractivity contribution in [2.24, 2.45) is 0 Å². The largest absolute Gasteiger partial charge is 0.304 e. The standard InChI is InChI=1S/C6H13N.C4H10/c1-3-7(2)6-4-5-6;1-3-4-2/h6H,3-5H2,1-2H3;3-4H2,1-2H3. The first kappa shape index (κ1) is 11.0. The van der Waals surface area contributed by atoms with E-state index in [1.54, 1.807) is 0 Å². The summed E-state index contributed by atoms with van der Waals surface area (Å²) in [7, 11) is 2.19. The van der Waals surface area contributed by atoms with Crippen molar-refractivity contribution < 1.29 is 0 Å². The Morgan fingerprint density at radius 2 is 1.55 bits per heavy atom. The molecule has 1 fully saturated rings.